The minimum absolute atomic E-state index is 0.113. The van der Waals surface area contributed by atoms with E-state index in [1.165, 1.54) is 11.5 Å². The zero-order valence-corrected chi connectivity index (χ0v) is 10.4. The lowest BCUT2D eigenvalue weighted by Gasteiger charge is -2.16. The molecule has 1 aromatic rings. The van der Waals surface area contributed by atoms with Crippen molar-refractivity contribution in [3.8, 4) is 0 Å². The highest BCUT2D eigenvalue weighted by Crippen LogP contribution is 2.25. The number of halogens is 3. The van der Waals surface area contributed by atoms with E-state index < -0.39 is 12.6 Å². The van der Waals surface area contributed by atoms with Gasteiger partial charge in [-0.25, -0.2) is 0 Å². The second kappa shape index (κ2) is 6.90. The summed E-state index contributed by atoms with van der Waals surface area (Å²) in [5.74, 6) is 0. The maximum atomic E-state index is 12.1. The van der Waals surface area contributed by atoms with Crippen LogP contribution in [0.4, 0.5) is 13.2 Å². The van der Waals surface area contributed by atoms with Crippen LogP contribution < -0.4 is 5.32 Å². The predicted octanol–water partition coefficient (Wildman–Crippen LogP) is 3.31. The van der Waals surface area contributed by atoms with Crippen molar-refractivity contribution in [2.75, 3.05) is 6.54 Å². The molecule has 3 nitrogen and oxygen atoms in total. The third-order valence-electron chi connectivity index (χ3n) is 2.33. The third kappa shape index (κ3) is 5.97. The Morgan fingerprint density at radius 3 is 2.76 bits per heavy atom. The van der Waals surface area contributed by atoms with E-state index in [1.807, 2.05) is 6.92 Å². The van der Waals surface area contributed by atoms with E-state index in [9.17, 15) is 13.2 Å². The third-order valence-corrected chi connectivity index (χ3v) is 2.85. The van der Waals surface area contributed by atoms with Gasteiger partial charge in [-0.3, -0.25) is 0 Å². The summed E-state index contributed by atoms with van der Waals surface area (Å²) in [5, 5.41) is 8.88. The summed E-state index contributed by atoms with van der Waals surface area (Å²) in [6, 6.07) is -0.115. The first-order valence-electron chi connectivity index (χ1n) is 5.60. The number of aromatic nitrogens is 2. The van der Waals surface area contributed by atoms with Crippen molar-refractivity contribution >= 4 is 11.5 Å². The molecule has 0 radical (unpaired) electrons. The lowest BCUT2D eigenvalue weighted by atomic mass is 10.1. The predicted molar refractivity (Wildman–Crippen MR) is 60.8 cm³/mol. The fourth-order valence-electron chi connectivity index (χ4n) is 1.50. The Bertz CT molecular complexity index is 300. The van der Waals surface area contributed by atoms with E-state index in [2.05, 4.69) is 14.9 Å². The van der Waals surface area contributed by atoms with Gasteiger partial charge in [0.25, 0.3) is 0 Å². The van der Waals surface area contributed by atoms with Gasteiger partial charge in [0, 0.05) is 11.8 Å². The van der Waals surface area contributed by atoms with Crippen molar-refractivity contribution in [2.24, 2.45) is 0 Å². The van der Waals surface area contributed by atoms with Gasteiger partial charge in [0.1, 0.15) is 0 Å². The fourth-order valence-corrected chi connectivity index (χ4v) is 2.01. The molecule has 0 aliphatic carbocycles. The highest BCUT2D eigenvalue weighted by atomic mass is 32.1. The van der Waals surface area contributed by atoms with Crippen LogP contribution in [0.5, 0.6) is 0 Å². The van der Waals surface area contributed by atoms with E-state index in [-0.39, 0.29) is 12.5 Å². The van der Waals surface area contributed by atoms with E-state index in [0.717, 1.165) is 18.7 Å². The largest absolute Gasteiger partial charge is 0.389 e. The van der Waals surface area contributed by atoms with Gasteiger partial charge in [0.15, 0.2) is 0 Å². The molecule has 7 heteroatoms. The molecule has 0 fully saturated rings. The van der Waals surface area contributed by atoms with Crippen LogP contribution >= 0.6 is 11.5 Å². The van der Waals surface area contributed by atoms with Crippen molar-refractivity contribution in [1.82, 2.24) is 14.9 Å². The average molecular weight is 267 g/mol. The van der Waals surface area contributed by atoms with E-state index in [1.54, 1.807) is 5.38 Å². The number of hydrogen-bond donors (Lipinski definition) is 1. The van der Waals surface area contributed by atoms with Crippen molar-refractivity contribution in [2.45, 2.75) is 44.8 Å². The topological polar surface area (TPSA) is 37.8 Å². The van der Waals surface area contributed by atoms with Crippen LogP contribution in [0.1, 0.15) is 44.3 Å². The quantitative estimate of drug-likeness (QED) is 0.823. The molecule has 0 saturated heterocycles. The first-order valence-corrected chi connectivity index (χ1v) is 6.43. The van der Waals surface area contributed by atoms with Crippen molar-refractivity contribution in [3.05, 3.63) is 11.1 Å². The summed E-state index contributed by atoms with van der Waals surface area (Å²) in [5.41, 5.74) is 0.741. The zero-order chi connectivity index (χ0) is 12.7. The van der Waals surface area contributed by atoms with Crippen LogP contribution in [0.15, 0.2) is 5.38 Å². The summed E-state index contributed by atoms with van der Waals surface area (Å²) < 4.78 is 39.9. The van der Waals surface area contributed by atoms with E-state index >= 15 is 0 Å². The van der Waals surface area contributed by atoms with Gasteiger partial charge in [-0.2, -0.15) is 13.2 Å². The number of nitrogens with one attached hydrogen (secondary N) is 1. The van der Waals surface area contributed by atoms with Crippen LogP contribution in [-0.2, 0) is 0 Å². The molecule has 0 spiro atoms. The second-order valence-electron chi connectivity index (χ2n) is 3.84. The highest BCUT2D eigenvalue weighted by Gasteiger charge is 2.27. The number of alkyl halides is 3. The number of hydrogen-bond acceptors (Lipinski definition) is 4. The van der Waals surface area contributed by atoms with Crippen LogP contribution in [-0.4, -0.2) is 22.3 Å². The van der Waals surface area contributed by atoms with Crippen LogP contribution in [0.2, 0.25) is 0 Å². The molecular weight excluding hydrogens is 251 g/mol. The molecule has 0 aliphatic rings. The van der Waals surface area contributed by atoms with E-state index in [0.29, 0.717) is 6.42 Å². The molecule has 0 bridgehead atoms. The minimum atomic E-state index is -4.07. The Balaban J connectivity index is 2.42. The normalized spacial score (nSPS) is 13.9. The standard InChI is InChI=1S/C10H16F3N3S/c1-2-6-14-8(9-7-17-16-15-9)4-3-5-10(11,12)13/h7-8,14H,2-6H2,1H3. The van der Waals surface area contributed by atoms with Gasteiger partial charge in [-0.1, -0.05) is 11.4 Å². The maximum absolute atomic E-state index is 12.1. The fraction of sp³-hybridized carbons (Fsp3) is 0.800. The van der Waals surface area contributed by atoms with Gasteiger partial charge in [0.2, 0.25) is 0 Å². The maximum Gasteiger partial charge on any atom is 0.389 e. The Kier molecular flexibility index (Phi) is 5.84. The van der Waals surface area contributed by atoms with Crippen LogP contribution in [0, 0.1) is 0 Å². The monoisotopic (exact) mass is 267 g/mol. The van der Waals surface area contributed by atoms with Gasteiger partial charge >= 0.3 is 6.18 Å². The Labute approximate surface area is 103 Å². The summed E-state index contributed by atoms with van der Waals surface area (Å²) in [6.07, 6.45) is -3.33. The second-order valence-corrected chi connectivity index (χ2v) is 4.45. The molecular formula is C10H16F3N3S. The summed E-state index contributed by atoms with van der Waals surface area (Å²) in [6.45, 7) is 2.79. The Hall–Kier alpha value is -0.690. The van der Waals surface area contributed by atoms with Gasteiger partial charge < -0.3 is 5.32 Å². The molecule has 1 aromatic heterocycles. The Morgan fingerprint density at radius 2 is 2.24 bits per heavy atom. The molecule has 1 N–H and O–H groups in total. The lowest BCUT2D eigenvalue weighted by molar-refractivity contribution is -0.135. The van der Waals surface area contributed by atoms with Gasteiger partial charge in [-0.15, -0.1) is 5.10 Å². The SMILES string of the molecule is CCCNC(CCCC(F)(F)F)c1csnn1. The van der Waals surface area contributed by atoms with Crippen molar-refractivity contribution in [3.63, 3.8) is 0 Å². The molecule has 0 aromatic carbocycles. The first kappa shape index (κ1) is 14.4. The summed E-state index contributed by atoms with van der Waals surface area (Å²) in [7, 11) is 0. The smallest absolute Gasteiger partial charge is 0.309 e. The molecule has 98 valence electrons. The van der Waals surface area contributed by atoms with Gasteiger partial charge in [-0.05, 0) is 37.3 Å². The first-order chi connectivity index (χ1) is 8.03. The molecule has 0 saturated carbocycles. The van der Waals surface area contributed by atoms with Crippen LogP contribution in [0.25, 0.3) is 0 Å². The molecule has 1 atom stereocenters. The number of nitrogens with zero attached hydrogens (tertiary/aromatic N) is 2. The van der Waals surface area contributed by atoms with Crippen molar-refractivity contribution < 1.29 is 13.2 Å². The molecule has 1 rings (SSSR count). The average Bonchev–Trinajstić information content (AvgIpc) is 2.74. The molecule has 1 heterocycles. The zero-order valence-electron chi connectivity index (χ0n) is 9.63. The minimum Gasteiger partial charge on any atom is -0.309 e. The number of rotatable bonds is 7. The molecule has 0 aliphatic heterocycles. The molecule has 1 unspecified atom stereocenters. The lowest BCUT2D eigenvalue weighted by Crippen LogP contribution is -2.23. The van der Waals surface area contributed by atoms with E-state index in [4.69, 9.17) is 0 Å². The molecule has 17 heavy (non-hydrogen) atoms. The highest BCUT2D eigenvalue weighted by molar-refractivity contribution is 7.03. The summed E-state index contributed by atoms with van der Waals surface area (Å²) in [4.78, 5) is 0. The van der Waals surface area contributed by atoms with Crippen molar-refractivity contribution in [1.29, 1.82) is 0 Å². The Morgan fingerprint density at radius 1 is 1.47 bits per heavy atom. The van der Waals surface area contributed by atoms with Gasteiger partial charge in [0.05, 0.1) is 11.7 Å². The molecule has 0 amide bonds. The van der Waals surface area contributed by atoms with Crippen LogP contribution in [0.3, 0.4) is 0 Å². The summed E-state index contributed by atoms with van der Waals surface area (Å²) >= 11 is 1.22.